The highest BCUT2D eigenvalue weighted by Gasteiger charge is 2.26. The Bertz CT molecular complexity index is 645. The van der Waals surface area contributed by atoms with E-state index in [9.17, 15) is 14.0 Å². The van der Waals surface area contributed by atoms with Gasteiger partial charge in [0.15, 0.2) is 0 Å². The van der Waals surface area contributed by atoms with Gasteiger partial charge in [-0.25, -0.2) is 4.39 Å². The number of carbonyl (C=O) groups excluding carboxylic acids is 2. The molecule has 2 amide bonds. The number of carbonyl (C=O) groups is 2. The third kappa shape index (κ3) is 4.84. The average Bonchev–Trinajstić information content (AvgIpc) is 2.59. The van der Waals surface area contributed by atoms with Crippen molar-refractivity contribution in [1.82, 2.24) is 14.7 Å². The fourth-order valence-corrected chi connectivity index (χ4v) is 3.30. The molecule has 1 fully saturated rings. The number of piperazine rings is 1. The van der Waals surface area contributed by atoms with Crippen LogP contribution in [0.5, 0.6) is 0 Å². The molecule has 138 valence electrons. The van der Waals surface area contributed by atoms with Crippen molar-refractivity contribution in [2.45, 2.75) is 13.8 Å². The SMILES string of the molecule is CCN(CC)C(=O)CN1CCN(C(=O)c2cc(F)c(Cl)cc2Cl)CC1. The highest BCUT2D eigenvalue weighted by molar-refractivity contribution is 6.36. The van der Waals surface area contributed by atoms with Gasteiger partial charge in [0.25, 0.3) is 5.91 Å². The lowest BCUT2D eigenvalue weighted by molar-refractivity contribution is -0.132. The second-order valence-electron chi connectivity index (χ2n) is 5.88. The van der Waals surface area contributed by atoms with Crippen LogP contribution < -0.4 is 0 Å². The van der Waals surface area contributed by atoms with E-state index in [1.54, 1.807) is 9.80 Å². The lowest BCUT2D eigenvalue weighted by atomic mass is 10.1. The number of amides is 2. The van der Waals surface area contributed by atoms with Crippen molar-refractivity contribution in [1.29, 1.82) is 0 Å². The molecule has 5 nitrogen and oxygen atoms in total. The largest absolute Gasteiger partial charge is 0.342 e. The van der Waals surface area contributed by atoms with E-state index in [1.807, 2.05) is 18.7 Å². The van der Waals surface area contributed by atoms with Gasteiger partial charge in [0.05, 0.1) is 22.2 Å². The first-order chi connectivity index (χ1) is 11.9. The van der Waals surface area contributed by atoms with Crippen molar-refractivity contribution >= 4 is 35.0 Å². The van der Waals surface area contributed by atoms with E-state index >= 15 is 0 Å². The second kappa shape index (κ2) is 8.83. The van der Waals surface area contributed by atoms with Gasteiger partial charge in [-0.05, 0) is 26.0 Å². The molecule has 0 atom stereocenters. The third-order valence-electron chi connectivity index (χ3n) is 4.37. The van der Waals surface area contributed by atoms with E-state index in [4.69, 9.17) is 23.2 Å². The molecular weight excluding hydrogens is 368 g/mol. The van der Waals surface area contributed by atoms with Gasteiger partial charge in [-0.1, -0.05) is 23.2 Å². The number of nitrogens with zero attached hydrogens (tertiary/aromatic N) is 3. The smallest absolute Gasteiger partial charge is 0.255 e. The molecule has 0 saturated carbocycles. The molecule has 0 aromatic heterocycles. The fourth-order valence-electron chi connectivity index (χ4n) is 2.83. The van der Waals surface area contributed by atoms with Crippen LogP contribution in [0.1, 0.15) is 24.2 Å². The van der Waals surface area contributed by atoms with Crippen LogP contribution in [0.15, 0.2) is 12.1 Å². The highest BCUT2D eigenvalue weighted by Crippen LogP contribution is 2.25. The molecule has 1 aliphatic rings. The normalized spacial score (nSPS) is 15.3. The van der Waals surface area contributed by atoms with E-state index in [2.05, 4.69) is 0 Å². The van der Waals surface area contributed by atoms with Crippen molar-refractivity contribution in [3.63, 3.8) is 0 Å². The molecule has 25 heavy (non-hydrogen) atoms. The summed E-state index contributed by atoms with van der Waals surface area (Å²) in [6, 6.07) is 2.31. The molecule has 1 saturated heterocycles. The Morgan fingerprint density at radius 2 is 1.68 bits per heavy atom. The molecule has 1 heterocycles. The number of likely N-dealkylation sites (N-methyl/N-ethyl adjacent to an activating group) is 1. The molecule has 0 bridgehead atoms. The Balaban J connectivity index is 1.95. The van der Waals surface area contributed by atoms with Crippen LogP contribution in [0.2, 0.25) is 10.0 Å². The summed E-state index contributed by atoms with van der Waals surface area (Å²) in [5.74, 6) is -0.902. The highest BCUT2D eigenvalue weighted by atomic mass is 35.5. The van der Waals surface area contributed by atoms with Gasteiger partial charge in [0.2, 0.25) is 5.91 Å². The van der Waals surface area contributed by atoms with Gasteiger partial charge in [0, 0.05) is 39.3 Å². The molecule has 0 unspecified atom stereocenters. The van der Waals surface area contributed by atoms with Gasteiger partial charge in [-0.2, -0.15) is 0 Å². The van der Waals surface area contributed by atoms with E-state index in [0.29, 0.717) is 45.8 Å². The third-order valence-corrected chi connectivity index (χ3v) is 4.98. The average molecular weight is 390 g/mol. The van der Waals surface area contributed by atoms with E-state index in [-0.39, 0.29) is 27.4 Å². The summed E-state index contributed by atoms with van der Waals surface area (Å²) in [6.07, 6.45) is 0. The monoisotopic (exact) mass is 389 g/mol. The predicted molar refractivity (Wildman–Crippen MR) is 96.7 cm³/mol. The maximum atomic E-state index is 13.6. The van der Waals surface area contributed by atoms with Crippen LogP contribution in [0.4, 0.5) is 4.39 Å². The van der Waals surface area contributed by atoms with Gasteiger partial charge in [-0.3, -0.25) is 14.5 Å². The first-order valence-electron chi connectivity index (χ1n) is 8.31. The number of halogens is 3. The van der Waals surface area contributed by atoms with Gasteiger partial charge in [0.1, 0.15) is 5.82 Å². The summed E-state index contributed by atoms with van der Waals surface area (Å²) < 4.78 is 13.6. The van der Waals surface area contributed by atoms with Crippen LogP contribution in [0.25, 0.3) is 0 Å². The zero-order valence-corrected chi connectivity index (χ0v) is 15.9. The number of benzene rings is 1. The van der Waals surface area contributed by atoms with Crippen molar-refractivity contribution in [2.24, 2.45) is 0 Å². The summed E-state index contributed by atoms with van der Waals surface area (Å²) in [6.45, 7) is 7.73. The summed E-state index contributed by atoms with van der Waals surface area (Å²) in [7, 11) is 0. The Labute approximate surface area is 157 Å². The minimum absolute atomic E-state index is 0.0904. The van der Waals surface area contributed by atoms with Crippen molar-refractivity contribution < 1.29 is 14.0 Å². The predicted octanol–water partition coefficient (Wildman–Crippen LogP) is 2.76. The molecule has 0 spiro atoms. The van der Waals surface area contributed by atoms with Crippen LogP contribution >= 0.6 is 23.2 Å². The summed E-state index contributed by atoms with van der Waals surface area (Å²) in [5, 5.41) is 0.0248. The molecule has 1 aromatic rings. The van der Waals surface area contributed by atoms with Crippen LogP contribution in [0.3, 0.4) is 0 Å². The first-order valence-corrected chi connectivity index (χ1v) is 9.06. The molecule has 8 heteroatoms. The number of hydrogen-bond acceptors (Lipinski definition) is 3. The Kier molecular flexibility index (Phi) is 7.04. The van der Waals surface area contributed by atoms with E-state index in [0.717, 1.165) is 6.07 Å². The maximum Gasteiger partial charge on any atom is 0.255 e. The van der Waals surface area contributed by atoms with E-state index < -0.39 is 5.82 Å². The van der Waals surface area contributed by atoms with Crippen LogP contribution in [-0.2, 0) is 4.79 Å². The minimum atomic E-state index is -0.669. The lowest BCUT2D eigenvalue weighted by Crippen LogP contribution is -2.51. The Morgan fingerprint density at radius 3 is 2.24 bits per heavy atom. The van der Waals surface area contributed by atoms with Crippen molar-refractivity contribution in [3.05, 3.63) is 33.6 Å². The number of hydrogen-bond donors (Lipinski definition) is 0. The van der Waals surface area contributed by atoms with E-state index in [1.165, 1.54) is 6.07 Å². The molecule has 1 aliphatic heterocycles. The molecule has 0 radical (unpaired) electrons. The summed E-state index contributed by atoms with van der Waals surface area (Å²) in [4.78, 5) is 30.1. The number of rotatable bonds is 5. The summed E-state index contributed by atoms with van der Waals surface area (Å²) >= 11 is 11.7. The molecular formula is C17H22Cl2FN3O2. The molecule has 1 aromatic carbocycles. The molecule has 0 N–H and O–H groups in total. The van der Waals surface area contributed by atoms with Crippen LogP contribution in [-0.4, -0.2) is 72.3 Å². The van der Waals surface area contributed by atoms with Crippen LogP contribution in [0, 0.1) is 5.82 Å². The summed E-state index contributed by atoms with van der Waals surface area (Å²) in [5.41, 5.74) is 0.108. The molecule has 2 rings (SSSR count). The van der Waals surface area contributed by atoms with Gasteiger partial charge in [-0.15, -0.1) is 0 Å². The minimum Gasteiger partial charge on any atom is -0.342 e. The quantitative estimate of drug-likeness (QED) is 0.727. The van der Waals surface area contributed by atoms with Crippen molar-refractivity contribution in [2.75, 3.05) is 45.8 Å². The van der Waals surface area contributed by atoms with Gasteiger partial charge >= 0.3 is 0 Å². The maximum absolute atomic E-state index is 13.6. The second-order valence-corrected chi connectivity index (χ2v) is 6.69. The molecule has 0 aliphatic carbocycles. The fraction of sp³-hybridized carbons (Fsp3) is 0.529. The topological polar surface area (TPSA) is 43.9 Å². The van der Waals surface area contributed by atoms with Crippen molar-refractivity contribution in [3.8, 4) is 0 Å². The Morgan fingerprint density at radius 1 is 1.08 bits per heavy atom. The Hall–Kier alpha value is -1.37. The zero-order valence-electron chi connectivity index (χ0n) is 14.4. The lowest BCUT2D eigenvalue weighted by Gasteiger charge is -2.35. The van der Waals surface area contributed by atoms with Gasteiger partial charge < -0.3 is 9.80 Å². The first kappa shape index (κ1) is 19.9. The standard InChI is InChI=1S/C17H22Cl2FN3O2/c1-3-22(4-2)16(24)11-21-5-7-23(8-6-21)17(25)12-9-15(20)14(19)10-13(12)18/h9-10H,3-8,11H2,1-2H3. The zero-order chi connectivity index (χ0) is 18.6.